The van der Waals surface area contributed by atoms with Gasteiger partial charge in [0.2, 0.25) is 10.0 Å². The molecule has 138 valence electrons. The van der Waals surface area contributed by atoms with Crippen molar-refractivity contribution in [3.05, 3.63) is 18.3 Å². The second kappa shape index (κ2) is 7.21. The van der Waals surface area contributed by atoms with E-state index >= 15 is 0 Å². The van der Waals surface area contributed by atoms with E-state index in [2.05, 4.69) is 9.88 Å². The van der Waals surface area contributed by atoms with Crippen LogP contribution in [0.1, 0.15) is 38.5 Å². The van der Waals surface area contributed by atoms with Gasteiger partial charge in [-0.15, -0.1) is 0 Å². The molecule has 7 heteroatoms. The zero-order valence-electron chi connectivity index (χ0n) is 14.6. The highest BCUT2D eigenvalue weighted by molar-refractivity contribution is 7.89. The molecule has 0 N–H and O–H groups in total. The van der Waals surface area contributed by atoms with E-state index in [4.69, 9.17) is 4.74 Å². The molecule has 25 heavy (non-hydrogen) atoms. The van der Waals surface area contributed by atoms with Crippen molar-refractivity contribution in [2.24, 2.45) is 5.92 Å². The molecule has 3 fully saturated rings. The van der Waals surface area contributed by atoms with E-state index in [1.54, 1.807) is 10.4 Å². The second-order valence-electron chi connectivity index (χ2n) is 7.34. The Morgan fingerprint density at radius 3 is 2.36 bits per heavy atom. The number of ether oxygens (including phenoxy) is 1. The van der Waals surface area contributed by atoms with Gasteiger partial charge >= 0.3 is 0 Å². The van der Waals surface area contributed by atoms with Crippen molar-refractivity contribution in [2.45, 2.75) is 49.5 Å². The summed E-state index contributed by atoms with van der Waals surface area (Å²) in [6, 6.07) is 3.57. The van der Waals surface area contributed by atoms with Gasteiger partial charge in [0.1, 0.15) is 10.7 Å². The lowest BCUT2D eigenvalue weighted by atomic mass is 9.90. The van der Waals surface area contributed by atoms with Gasteiger partial charge < -0.3 is 9.64 Å². The van der Waals surface area contributed by atoms with Crippen LogP contribution in [0.5, 0.6) is 0 Å². The SMILES string of the molecule is O=S(=O)(c1ccc(N2CCC(C3CCCO3)CC2)nc1)N1CCCC1. The van der Waals surface area contributed by atoms with Gasteiger partial charge in [-0.2, -0.15) is 4.31 Å². The molecule has 6 nitrogen and oxygen atoms in total. The first-order chi connectivity index (χ1) is 12.1. The van der Waals surface area contributed by atoms with Gasteiger partial charge in [0.15, 0.2) is 0 Å². The number of nitrogens with zero attached hydrogens (tertiary/aromatic N) is 3. The Morgan fingerprint density at radius 2 is 1.76 bits per heavy atom. The first kappa shape index (κ1) is 17.2. The van der Waals surface area contributed by atoms with Crippen molar-refractivity contribution in [2.75, 3.05) is 37.7 Å². The maximum atomic E-state index is 12.6. The highest BCUT2D eigenvalue weighted by Gasteiger charge is 2.30. The quantitative estimate of drug-likeness (QED) is 0.819. The Kier molecular flexibility index (Phi) is 4.97. The normalized spacial score (nSPS) is 26.4. The summed E-state index contributed by atoms with van der Waals surface area (Å²) in [4.78, 5) is 7.03. The molecule has 0 radical (unpaired) electrons. The average Bonchev–Trinajstić information content (AvgIpc) is 3.36. The second-order valence-corrected chi connectivity index (χ2v) is 9.28. The molecule has 0 aromatic carbocycles. The topological polar surface area (TPSA) is 62.7 Å². The van der Waals surface area contributed by atoms with Gasteiger partial charge in [-0.25, -0.2) is 13.4 Å². The molecule has 1 aromatic heterocycles. The maximum Gasteiger partial charge on any atom is 0.244 e. The predicted molar refractivity (Wildman–Crippen MR) is 96.1 cm³/mol. The average molecular weight is 365 g/mol. The summed E-state index contributed by atoms with van der Waals surface area (Å²) >= 11 is 0. The molecule has 1 atom stereocenters. The number of rotatable bonds is 4. The van der Waals surface area contributed by atoms with Crippen LogP contribution in [0.4, 0.5) is 5.82 Å². The van der Waals surface area contributed by atoms with Crippen LogP contribution >= 0.6 is 0 Å². The van der Waals surface area contributed by atoms with Crippen LogP contribution in [-0.2, 0) is 14.8 Å². The summed E-state index contributed by atoms with van der Waals surface area (Å²) in [6.45, 7) is 4.10. The van der Waals surface area contributed by atoms with E-state index in [1.165, 1.54) is 19.0 Å². The van der Waals surface area contributed by atoms with Crippen molar-refractivity contribution in [3.63, 3.8) is 0 Å². The van der Waals surface area contributed by atoms with Crippen LogP contribution in [0.2, 0.25) is 0 Å². The fraction of sp³-hybridized carbons (Fsp3) is 0.722. The molecule has 0 aliphatic carbocycles. The highest BCUT2D eigenvalue weighted by Crippen LogP contribution is 2.30. The molecule has 4 rings (SSSR count). The zero-order chi connectivity index (χ0) is 17.3. The van der Waals surface area contributed by atoms with E-state index < -0.39 is 10.0 Å². The van der Waals surface area contributed by atoms with Gasteiger partial charge in [0, 0.05) is 39.0 Å². The minimum atomic E-state index is -3.37. The van der Waals surface area contributed by atoms with Crippen molar-refractivity contribution in [1.82, 2.24) is 9.29 Å². The fourth-order valence-corrected chi connectivity index (χ4v) is 5.73. The van der Waals surface area contributed by atoms with E-state index in [-0.39, 0.29) is 0 Å². The molecule has 3 saturated heterocycles. The number of hydrogen-bond acceptors (Lipinski definition) is 5. The highest BCUT2D eigenvalue weighted by atomic mass is 32.2. The summed E-state index contributed by atoms with van der Waals surface area (Å²) in [7, 11) is -3.37. The number of hydrogen-bond donors (Lipinski definition) is 0. The Bertz CT molecular complexity index is 672. The first-order valence-corrected chi connectivity index (χ1v) is 10.9. The Balaban J connectivity index is 1.39. The van der Waals surface area contributed by atoms with Crippen LogP contribution in [-0.4, -0.2) is 56.6 Å². The summed E-state index contributed by atoms with van der Waals surface area (Å²) in [5.74, 6) is 1.54. The lowest BCUT2D eigenvalue weighted by Gasteiger charge is -2.35. The number of aromatic nitrogens is 1. The van der Waals surface area contributed by atoms with Crippen molar-refractivity contribution < 1.29 is 13.2 Å². The van der Waals surface area contributed by atoms with E-state index in [0.29, 0.717) is 30.0 Å². The number of sulfonamides is 1. The fourth-order valence-electron chi connectivity index (χ4n) is 4.26. The maximum absolute atomic E-state index is 12.6. The number of anilines is 1. The van der Waals surface area contributed by atoms with Gasteiger partial charge in [0.05, 0.1) is 6.10 Å². The van der Waals surface area contributed by atoms with Gasteiger partial charge in [-0.1, -0.05) is 0 Å². The van der Waals surface area contributed by atoms with Crippen LogP contribution in [0.15, 0.2) is 23.2 Å². The Hall–Kier alpha value is -1.18. The van der Waals surface area contributed by atoms with Crippen LogP contribution in [0.3, 0.4) is 0 Å². The van der Waals surface area contributed by atoms with Crippen molar-refractivity contribution in [3.8, 4) is 0 Å². The molecule has 0 saturated carbocycles. The lowest BCUT2D eigenvalue weighted by molar-refractivity contribution is 0.0531. The zero-order valence-corrected chi connectivity index (χ0v) is 15.5. The third-order valence-corrected chi connectivity index (χ3v) is 7.66. The van der Waals surface area contributed by atoms with E-state index in [1.807, 2.05) is 6.07 Å². The Labute approximate surface area is 150 Å². The minimum Gasteiger partial charge on any atom is -0.378 e. The minimum absolute atomic E-state index is 0.312. The monoisotopic (exact) mass is 365 g/mol. The van der Waals surface area contributed by atoms with E-state index in [9.17, 15) is 8.42 Å². The first-order valence-electron chi connectivity index (χ1n) is 9.47. The van der Waals surface area contributed by atoms with Crippen molar-refractivity contribution >= 4 is 15.8 Å². The number of pyridine rings is 1. The Morgan fingerprint density at radius 1 is 1.00 bits per heavy atom. The third-order valence-electron chi connectivity index (χ3n) is 5.78. The van der Waals surface area contributed by atoms with Crippen LogP contribution in [0, 0.1) is 5.92 Å². The molecular formula is C18H27N3O3S. The standard InChI is InChI=1S/C18H27N3O3S/c22-25(23,21-9-1-2-10-21)16-5-6-18(19-14-16)20-11-7-15(8-12-20)17-4-3-13-24-17/h5-6,14-15,17H,1-4,7-13H2. The largest absolute Gasteiger partial charge is 0.378 e. The molecule has 3 aliphatic rings. The van der Waals surface area contributed by atoms with Crippen LogP contribution in [0.25, 0.3) is 0 Å². The molecule has 0 bridgehead atoms. The van der Waals surface area contributed by atoms with Gasteiger partial charge in [-0.05, 0) is 56.6 Å². The molecule has 4 heterocycles. The molecule has 1 unspecified atom stereocenters. The summed E-state index contributed by atoms with van der Waals surface area (Å²) in [6.07, 6.45) is 8.51. The molecular weight excluding hydrogens is 338 g/mol. The van der Waals surface area contributed by atoms with Gasteiger partial charge in [-0.3, -0.25) is 0 Å². The lowest BCUT2D eigenvalue weighted by Crippen LogP contribution is -2.38. The van der Waals surface area contributed by atoms with E-state index in [0.717, 1.165) is 51.2 Å². The molecule has 3 aliphatic heterocycles. The molecule has 1 aromatic rings. The van der Waals surface area contributed by atoms with Crippen molar-refractivity contribution in [1.29, 1.82) is 0 Å². The smallest absolute Gasteiger partial charge is 0.244 e. The number of piperidine rings is 1. The summed E-state index contributed by atoms with van der Waals surface area (Å²) < 4.78 is 32.5. The summed E-state index contributed by atoms with van der Waals surface area (Å²) in [5, 5.41) is 0. The molecule has 0 spiro atoms. The van der Waals surface area contributed by atoms with Crippen LogP contribution < -0.4 is 4.90 Å². The summed E-state index contributed by atoms with van der Waals surface area (Å²) in [5.41, 5.74) is 0. The molecule has 0 amide bonds. The predicted octanol–water partition coefficient (Wildman–Crippen LogP) is 2.26. The third kappa shape index (κ3) is 3.55. The van der Waals surface area contributed by atoms with Gasteiger partial charge in [0.25, 0.3) is 0 Å².